The first-order chi connectivity index (χ1) is 22.3. The molecule has 256 valence electrons. The van der Waals surface area contributed by atoms with Crippen LogP contribution in [0.1, 0.15) is 126 Å². The van der Waals surface area contributed by atoms with Crippen LogP contribution in [0.25, 0.3) is 0 Å². The zero-order chi connectivity index (χ0) is 33.9. The Morgan fingerprint density at radius 3 is 1.15 bits per heavy atom. The lowest BCUT2D eigenvalue weighted by atomic mass is 9.87. The van der Waals surface area contributed by atoms with Gasteiger partial charge in [-0.2, -0.15) is 0 Å². The summed E-state index contributed by atoms with van der Waals surface area (Å²) in [6.45, 7) is 17.1. The van der Waals surface area contributed by atoms with E-state index in [-0.39, 0.29) is 0 Å². The maximum atomic E-state index is 5.92. The van der Waals surface area contributed by atoms with E-state index in [4.69, 9.17) is 18.9 Å². The maximum absolute atomic E-state index is 5.92. The van der Waals surface area contributed by atoms with Crippen LogP contribution < -0.4 is 18.9 Å². The molecule has 0 aliphatic rings. The summed E-state index contributed by atoms with van der Waals surface area (Å²) in [5, 5.41) is 0. The summed E-state index contributed by atoms with van der Waals surface area (Å²) in [4.78, 5) is 0. The first-order valence-electron chi connectivity index (χ1n) is 17.7. The SMILES string of the molecule is C=CC[C@H](CCCC)c1c(OC)cc(C[C@@H](C)C/C=C/C[C@H](C)Cc2cc(OC)c([C@H](CC=C)CCCC)c(OC)c2)cc1OC. The molecule has 0 heterocycles. The summed E-state index contributed by atoms with van der Waals surface area (Å²) in [7, 11) is 7.09. The van der Waals surface area contributed by atoms with Crippen molar-refractivity contribution in [1.29, 1.82) is 0 Å². The van der Waals surface area contributed by atoms with Gasteiger partial charge in [-0.3, -0.25) is 0 Å². The molecule has 0 saturated heterocycles. The van der Waals surface area contributed by atoms with E-state index in [0.717, 1.165) is 74.4 Å². The summed E-state index contributed by atoms with van der Waals surface area (Å²) >= 11 is 0. The van der Waals surface area contributed by atoms with E-state index in [2.05, 4.69) is 77.3 Å². The molecule has 46 heavy (non-hydrogen) atoms. The van der Waals surface area contributed by atoms with Crippen LogP contribution in [0.2, 0.25) is 0 Å². The summed E-state index contributed by atoms with van der Waals surface area (Å²) in [6, 6.07) is 8.89. The van der Waals surface area contributed by atoms with Gasteiger partial charge in [0.15, 0.2) is 0 Å². The van der Waals surface area contributed by atoms with Crippen molar-refractivity contribution in [3.05, 3.63) is 84.0 Å². The van der Waals surface area contributed by atoms with Gasteiger partial charge in [0.25, 0.3) is 0 Å². The summed E-state index contributed by atoms with van der Waals surface area (Å²) in [6.07, 6.45) is 21.5. The Morgan fingerprint density at radius 2 is 0.891 bits per heavy atom. The smallest absolute Gasteiger partial charge is 0.126 e. The highest BCUT2D eigenvalue weighted by molar-refractivity contribution is 5.51. The average Bonchev–Trinajstić information content (AvgIpc) is 3.06. The predicted molar refractivity (Wildman–Crippen MR) is 197 cm³/mol. The zero-order valence-electron chi connectivity index (χ0n) is 30.5. The minimum Gasteiger partial charge on any atom is -0.496 e. The van der Waals surface area contributed by atoms with Crippen molar-refractivity contribution in [3.8, 4) is 23.0 Å². The second-order valence-corrected chi connectivity index (χ2v) is 13.1. The molecule has 0 saturated carbocycles. The molecular weight excluding hydrogens is 568 g/mol. The Morgan fingerprint density at radius 1 is 0.565 bits per heavy atom. The number of hydrogen-bond acceptors (Lipinski definition) is 4. The lowest BCUT2D eigenvalue weighted by Gasteiger charge is -2.23. The fourth-order valence-corrected chi connectivity index (χ4v) is 6.72. The van der Waals surface area contributed by atoms with Gasteiger partial charge in [0, 0.05) is 11.1 Å². The summed E-state index contributed by atoms with van der Waals surface area (Å²) in [5.41, 5.74) is 4.88. The van der Waals surface area contributed by atoms with Crippen LogP contribution in [0.5, 0.6) is 23.0 Å². The van der Waals surface area contributed by atoms with Crippen molar-refractivity contribution in [2.45, 2.75) is 117 Å². The molecular formula is C42H64O4. The van der Waals surface area contributed by atoms with Crippen LogP contribution in [0.15, 0.2) is 61.7 Å². The van der Waals surface area contributed by atoms with Crippen LogP contribution in [0.4, 0.5) is 0 Å². The van der Waals surface area contributed by atoms with E-state index in [0.29, 0.717) is 23.7 Å². The molecule has 2 rings (SSSR count). The Kier molecular flexibility index (Phi) is 18.3. The average molecular weight is 633 g/mol. The molecule has 0 fully saturated rings. The Bertz CT molecular complexity index is 1070. The van der Waals surface area contributed by atoms with Crippen molar-refractivity contribution < 1.29 is 18.9 Å². The topological polar surface area (TPSA) is 36.9 Å². The molecule has 0 unspecified atom stereocenters. The van der Waals surface area contributed by atoms with Crippen molar-refractivity contribution in [1.82, 2.24) is 0 Å². The molecule has 0 spiro atoms. The first kappa shape index (κ1) is 39.0. The normalized spacial score (nSPS) is 14.0. The molecule has 0 aliphatic heterocycles. The highest BCUT2D eigenvalue weighted by Gasteiger charge is 2.23. The highest BCUT2D eigenvalue weighted by atomic mass is 16.5. The van der Waals surface area contributed by atoms with E-state index in [9.17, 15) is 0 Å². The summed E-state index contributed by atoms with van der Waals surface area (Å²) < 4.78 is 23.7. The fourth-order valence-electron chi connectivity index (χ4n) is 6.72. The molecule has 0 bridgehead atoms. The van der Waals surface area contributed by atoms with Gasteiger partial charge in [0.05, 0.1) is 28.4 Å². The molecule has 4 nitrogen and oxygen atoms in total. The van der Waals surface area contributed by atoms with E-state index in [1.165, 1.54) is 47.9 Å². The second kappa shape index (κ2) is 21.6. The number of allylic oxidation sites excluding steroid dienone is 4. The van der Waals surface area contributed by atoms with Crippen LogP contribution in [0, 0.1) is 11.8 Å². The van der Waals surface area contributed by atoms with Crippen molar-refractivity contribution >= 4 is 0 Å². The van der Waals surface area contributed by atoms with Gasteiger partial charge in [0.2, 0.25) is 0 Å². The van der Waals surface area contributed by atoms with Gasteiger partial charge in [-0.1, -0.05) is 77.7 Å². The van der Waals surface area contributed by atoms with Gasteiger partial charge in [-0.25, -0.2) is 0 Å². The van der Waals surface area contributed by atoms with Gasteiger partial charge in [-0.15, -0.1) is 13.2 Å². The van der Waals surface area contributed by atoms with E-state index >= 15 is 0 Å². The highest BCUT2D eigenvalue weighted by Crippen LogP contribution is 2.42. The first-order valence-corrected chi connectivity index (χ1v) is 17.7. The van der Waals surface area contributed by atoms with E-state index in [1.807, 2.05) is 12.2 Å². The molecule has 4 atom stereocenters. The maximum Gasteiger partial charge on any atom is 0.126 e. The van der Waals surface area contributed by atoms with Gasteiger partial charge < -0.3 is 18.9 Å². The predicted octanol–water partition coefficient (Wildman–Crippen LogP) is 11.8. The number of methoxy groups -OCH3 is 4. The van der Waals surface area contributed by atoms with Crippen molar-refractivity contribution in [3.63, 3.8) is 0 Å². The lowest BCUT2D eigenvalue weighted by molar-refractivity contribution is 0.373. The van der Waals surface area contributed by atoms with Crippen LogP contribution in [0.3, 0.4) is 0 Å². The fraction of sp³-hybridized carbons (Fsp3) is 0.571. The molecule has 0 amide bonds. The lowest BCUT2D eigenvalue weighted by Crippen LogP contribution is -2.07. The standard InChI is InChI=1S/C42H64O4/c1-11-15-23-35(19-13-3)41-37(43-7)27-33(28-38(41)44-8)25-31(5)21-17-18-22-32(6)26-34-29-39(45-9)42(40(30-34)46-10)36(20-14-4)24-16-12-2/h13-14,17-18,27-32,35-36H,3-4,11-12,15-16,19-26H2,1-2,5-10H3/b18-17+/t31-,32-,35+,36+/m0/s1. The molecule has 0 N–H and O–H groups in total. The zero-order valence-corrected chi connectivity index (χ0v) is 30.5. The number of unbranched alkanes of at least 4 members (excludes halogenated alkanes) is 2. The monoisotopic (exact) mass is 632 g/mol. The van der Waals surface area contributed by atoms with Gasteiger partial charge >= 0.3 is 0 Å². The van der Waals surface area contributed by atoms with Crippen LogP contribution >= 0.6 is 0 Å². The van der Waals surface area contributed by atoms with Gasteiger partial charge in [0.1, 0.15) is 23.0 Å². The summed E-state index contributed by atoms with van der Waals surface area (Å²) in [5.74, 6) is 5.48. The van der Waals surface area contributed by atoms with Gasteiger partial charge in [-0.05, 0) is 110 Å². The minimum atomic E-state index is 0.360. The number of benzene rings is 2. The van der Waals surface area contributed by atoms with Crippen molar-refractivity contribution in [2.75, 3.05) is 28.4 Å². The third-order valence-electron chi connectivity index (χ3n) is 9.15. The Balaban J connectivity index is 2.06. The number of rotatable bonds is 24. The van der Waals surface area contributed by atoms with Crippen LogP contribution in [-0.2, 0) is 12.8 Å². The third kappa shape index (κ3) is 11.9. The van der Waals surface area contributed by atoms with Crippen molar-refractivity contribution in [2.24, 2.45) is 11.8 Å². The number of hydrogen-bond donors (Lipinski definition) is 0. The second-order valence-electron chi connectivity index (χ2n) is 13.1. The van der Waals surface area contributed by atoms with E-state index in [1.54, 1.807) is 28.4 Å². The Hall–Kier alpha value is -3.14. The molecule has 0 aromatic heterocycles. The molecule has 0 radical (unpaired) electrons. The number of ether oxygens (including phenoxy) is 4. The third-order valence-corrected chi connectivity index (χ3v) is 9.15. The molecule has 2 aromatic carbocycles. The Labute approximate surface area is 282 Å². The molecule has 4 heteroatoms. The van der Waals surface area contributed by atoms with E-state index < -0.39 is 0 Å². The minimum absolute atomic E-state index is 0.360. The molecule has 0 aliphatic carbocycles. The quantitative estimate of drug-likeness (QED) is 0.108. The van der Waals surface area contributed by atoms with Crippen LogP contribution in [-0.4, -0.2) is 28.4 Å². The molecule has 2 aromatic rings. The largest absolute Gasteiger partial charge is 0.496 e.